The summed E-state index contributed by atoms with van der Waals surface area (Å²) in [4.78, 5) is 11.3. The van der Waals surface area contributed by atoms with E-state index in [1.54, 1.807) is 6.08 Å². The van der Waals surface area contributed by atoms with Crippen molar-refractivity contribution in [2.24, 2.45) is 11.8 Å². The summed E-state index contributed by atoms with van der Waals surface area (Å²) in [7, 11) is 0. The molecule has 0 radical (unpaired) electrons. The topological polar surface area (TPSA) is 66.8 Å². The number of hydrogen-bond donors (Lipinski definition) is 2. The number of ether oxygens (including phenoxy) is 1. The number of esters is 1. The molecule has 1 heterocycles. The van der Waals surface area contributed by atoms with Crippen LogP contribution in [0, 0.1) is 11.8 Å². The van der Waals surface area contributed by atoms with Gasteiger partial charge in [-0.1, -0.05) is 42.5 Å². The first-order valence-corrected chi connectivity index (χ1v) is 7.91. The Hall–Kier alpha value is -1.65. The number of hydrogen-bond acceptors (Lipinski definition) is 4. The molecule has 4 heteroatoms. The third-order valence-electron chi connectivity index (χ3n) is 4.70. The number of aryl methyl sites for hydroxylation is 1. The predicted octanol–water partition coefficient (Wildman–Crippen LogP) is 1.85. The van der Waals surface area contributed by atoms with Crippen molar-refractivity contribution in [3.05, 3.63) is 48.0 Å². The van der Waals surface area contributed by atoms with Gasteiger partial charge in [-0.05, 0) is 18.4 Å². The van der Waals surface area contributed by atoms with Crippen molar-refractivity contribution < 1.29 is 19.7 Å². The van der Waals surface area contributed by atoms with Crippen molar-refractivity contribution in [2.75, 3.05) is 0 Å². The molecule has 0 spiro atoms. The molecule has 5 atom stereocenters. The van der Waals surface area contributed by atoms with Crippen LogP contribution in [0.5, 0.6) is 0 Å². The molecule has 4 nitrogen and oxygen atoms in total. The molecule has 22 heavy (non-hydrogen) atoms. The van der Waals surface area contributed by atoms with E-state index in [1.165, 1.54) is 5.56 Å². The fourth-order valence-electron chi connectivity index (χ4n) is 3.50. The summed E-state index contributed by atoms with van der Waals surface area (Å²) in [6, 6.07) is 10.0. The zero-order chi connectivity index (χ0) is 15.5. The fraction of sp³-hybridized carbons (Fsp3) is 0.500. The van der Waals surface area contributed by atoms with Gasteiger partial charge in [-0.25, -0.2) is 0 Å². The predicted molar refractivity (Wildman–Crippen MR) is 82.0 cm³/mol. The van der Waals surface area contributed by atoms with Gasteiger partial charge in [-0.15, -0.1) is 0 Å². The average molecular weight is 302 g/mol. The van der Waals surface area contributed by atoms with E-state index in [0.717, 1.165) is 6.42 Å². The van der Waals surface area contributed by atoms with E-state index >= 15 is 0 Å². The molecule has 118 valence electrons. The van der Waals surface area contributed by atoms with Gasteiger partial charge in [0.05, 0.1) is 18.6 Å². The highest BCUT2D eigenvalue weighted by atomic mass is 16.6. The summed E-state index contributed by atoms with van der Waals surface area (Å²) in [5.74, 6) is -0.215. The van der Waals surface area contributed by atoms with E-state index in [0.29, 0.717) is 19.3 Å². The standard InChI is InChI=1S/C18H22O4/c19-13(7-6-12-4-2-1-3-5-12)8-9-14-15-10-18(21)22-17(15)11-16(14)20/h1-5,8-9,13-17,19-20H,6-7,10-11H2/b9-8+/t13?,14?,15-,16-,17+/m1/s1. The molecule has 2 N–H and O–H groups in total. The maximum Gasteiger partial charge on any atom is 0.306 e. The lowest BCUT2D eigenvalue weighted by molar-refractivity contribution is -0.141. The van der Waals surface area contributed by atoms with Gasteiger partial charge in [0.25, 0.3) is 0 Å². The third-order valence-corrected chi connectivity index (χ3v) is 4.70. The lowest BCUT2D eigenvalue weighted by Crippen LogP contribution is -2.18. The lowest BCUT2D eigenvalue weighted by Gasteiger charge is -2.15. The smallest absolute Gasteiger partial charge is 0.306 e. The number of rotatable bonds is 5. The van der Waals surface area contributed by atoms with E-state index in [-0.39, 0.29) is 23.9 Å². The van der Waals surface area contributed by atoms with Crippen LogP contribution in [0.4, 0.5) is 0 Å². The fourth-order valence-corrected chi connectivity index (χ4v) is 3.50. The number of aliphatic hydroxyl groups is 2. The molecular formula is C18H22O4. The van der Waals surface area contributed by atoms with Crippen LogP contribution in [-0.2, 0) is 16.0 Å². The summed E-state index contributed by atoms with van der Waals surface area (Å²) >= 11 is 0. The second-order valence-electron chi connectivity index (χ2n) is 6.25. The van der Waals surface area contributed by atoms with E-state index in [2.05, 4.69) is 0 Å². The molecule has 0 bridgehead atoms. The van der Waals surface area contributed by atoms with Crippen LogP contribution < -0.4 is 0 Å². The Kier molecular flexibility index (Phi) is 4.60. The van der Waals surface area contributed by atoms with Gasteiger partial charge in [0.15, 0.2) is 0 Å². The van der Waals surface area contributed by atoms with Gasteiger partial charge < -0.3 is 14.9 Å². The quantitative estimate of drug-likeness (QED) is 0.643. The summed E-state index contributed by atoms with van der Waals surface area (Å²) in [6.45, 7) is 0. The average Bonchev–Trinajstić information content (AvgIpc) is 2.99. The minimum Gasteiger partial charge on any atom is -0.462 e. The summed E-state index contributed by atoms with van der Waals surface area (Å²) in [5.41, 5.74) is 1.20. The van der Waals surface area contributed by atoms with Gasteiger partial charge in [-0.3, -0.25) is 4.79 Å². The normalized spacial score (nSPS) is 32.2. The van der Waals surface area contributed by atoms with Crippen LogP contribution in [0.25, 0.3) is 0 Å². The van der Waals surface area contributed by atoms with Crippen molar-refractivity contribution in [2.45, 2.75) is 44.0 Å². The van der Waals surface area contributed by atoms with Crippen molar-refractivity contribution in [3.8, 4) is 0 Å². The lowest BCUT2D eigenvalue weighted by atomic mass is 9.91. The van der Waals surface area contributed by atoms with Crippen LogP contribution in [0.2, 0.25) is 0 Å². The molecule has 0 aromatic heterocycles. The second-order valence-corrected chi connectivity index (χ2v) is 6.25. The number of fused-ring (bicyclic) bond motifs is 1. The van der Waals surface area contributed by atoms with Crippen LogP contribution in [-0.4, -0.2) is 34.5 Å². The molecule has 1 saturated heterocycles. The summed E-state index contributed by atoms with van der Waals surface area (Å²) < 4.78 is 5.20. The number of carbonyl (C=O) groups is 1. The minimum atomic E-state index is -0.538. The molecule has 1 aliphatic heterocycles. The first kappa shape index (κ1) is 15.3. The minimum absolute atomic E-state index is 0.0556. The maximum absolute atomic E-state index is 11.3. The Morgan fingerprint density at radius 1 is 1.32 bits per heavy atom. The molecule has 2 fully saturated rings. The molecule has 0 amide bonds. The Morgan fingerprint density at radius 3 is 2.86 bits per heavy atom. The molecule has 1 aromatic carbocycles. The van der Waals surface area contributed by atoms with Gasteiger partial charge in [0, 0.05) is 18.3 Å². The first-order chi connectivity index (χ1) is 10.6. The zero-order valence-corrected chi connectivity index (χ0v) is 12.5. The molecule has 1 saturated carbocycles. The van der Waals surface area contributed by atoms with Crippen molar-refractivity contribution in [1.82, 2.24) is 0 Å². The van der Waals surface area contributed by atoms with E-state index < -0.39 is 12.2 Å². The SMILES string of the molecule is O=C1C[C@@H]2C(/C=C/C(O)CCc3ccccc3)[C@H](O)C[C@@H]2O1. The highest BCUT2D eigenvalue weighted by Gasteiger charge is 2.48. The van der Waals surface area contributed by atoms with Crippen molar-refractivity contribution >= 4 is 5.97 Å². The van der Waals surface area contributed by atoms with Crippen molar-refractivity contribution in [3.63, 3.8) is 0 Å². The van der Waals surface area contributed by atoms with Crippen molar-refractivity contribution in [1.29, 1.82) is 0 Å². The molecule has 2 aliphatic rings. The Morgan fingerprint density at radius 2 is 2.09 bits per heavy atom. The molecular weight excluding hydrogens is 280 g/mol. The zero-order valence-electron chi connectivity index (χ0n) is 12.5. The highest BCUT2D eigenvalue weighted by molar-refractivity contribution is 5.72. The van der Waals surface area contributed by atoms with E-state index in [4.69, 9.17) is 4.74 Å². The van der Waals surface area contributed by atoms with Crippen LogP contribution >= 0.6 is 0 Å². The highest BCUT2D eigenvalue weighted by Crippen LogP contribution is 2.42. The van der Waals surface area contributed by atoms with Gasteiger partial charge >= 0.3 is 5.97 Å². The Labute approximate surface area is 130 Å². The van der Waals surface area contributed by atoms with Gasteiger partial charge in [0.2, 0.25) is 0 Å². The molecule has 1 aliphatic carbocycles. The van der Waals surface area contributed by atoms with Crippen LogP contribution in [0.15, 0.2) is 42.5 Å². The largest absolute Gasteiger partial charge is 0.462 e. The molecule has 2 unspecified atom stereocenters. The second kappa shape index (κ2) is 6.63. The number of aliphatic hydroxyl groups excluding tert-OH is 2. The van der Waals surface area contributed by atoms with Gasteiger partial charge in [-0.2, -0.15) is 0 Å². The van der Waals surface area contributed by atoms with Crippen LogP contribution in [0.3, 0.4) is 0 Å². The van der Waals surface area contributed by atoms with E-state index in [1.807, 2.05) is 36.4 Å². The maximum atomic E-state index is 11.3. The summed E-state index contributed by atoms with van der Waals surface area (Å²) in [5, 5.41) is 20.2. The number of benzene rings is 1. The van der Waals surface area contributed by atoms with Crippen LogP contribution in [0.1, 0.15) is 24.8 Å². The molecule has 3 rings (SSSR count). The molecule has 1 aromatic rings. The first-order valence-electron chi connectivity index (χ1n) is 7.91. The monoisotopic (exact) mass is 302 g/mol. The van der Waals surface area contributed by atoms with E-state index in [9.17, 15) is 15.0 Å². The Balaban J connectivity index is 1.53. The number of carbonyl (C=O) groups excluding carboxylic acids is 1. The Bertz CT molecular complexity index is 539. The summed E-state index contributed by atoms with van der Waals surface area (Å²) in [6.07, 6.45) is 4.78. The van der Waals surface area contributed by atoms with Gasteiger partial charge in [0.1, 0.15) is 6.10 Å². The third kappa shape index (κ3) is 3.39.